The highest BCUT2D eigenvalue weighted by Gasteiger charge is 1.93. The summed E-state index contributed by atoms with van der Waals surface area (Å²) in [6.07, 6.45) is 1.61. The SMILES string of the molecule is CC.NCc1ncc(Cl)s1. The number of rotatable bonds is 1. The van der Waals surface area contributed by atoms with E-state index in [1.165, 1.54) is 11.3 Å². The van der Waals surface area contributed by atoms with Gasteiger partial charge in [0.2, 0.25) is 0 Å². The fourth-order valence-electron chi connectivity index (χ4n) is 0.382. The lowest BCUT2D eigenvalue weighted by atomic mass is 10.7. The number of nitrogens with zero attached hydrogens (tertiary/aromatic N) is 1. The molecule has 0 aliphatic rings. The Balaban J connectivity index is 0.000000371. The van der Waals surface area contributed by atoms with Crippen LogP contribution in [-0.4, -0.2) is 4.98 Å². The summed E-state index contributed by atoms with van der Waals surface area (Å²) in [5.41, 5.74) is 5.25. The second-order valence-electron chi connectivity index (χ2n) is 1.26. The Kier molecular flexibility index (Phi) is 5.58. The first-order chi connectivity index (χ1) is 4.83. The Hall–Kier alpha value is -0.120. The van der Waals surface area contributed by atoms with Crippen molar-refractivity contribution < 1.29 is 0 Å². The van der Waals surface area contributed by atoms with Crippen molar-refractivity contribution in [1.29, 1.82) is 0 Å². The van der Waals surface area contributed by atoms with E-state index in [1.54, 1.807) is 6.20 Å². The van der Waals surface area contributed by atoms with Gasteiger partial charge in [-0.15, -0.1) is 11.3 Å². The molecule has 0 spiro atoms. The first-order valence-electron chi connectivity index (χ1n) is 3.13. The Labute approximate surface area is 70.0 Å². The zero-order valence-corrected chi connectivity index (χ0v) is 7.67. The number of hydrogen-bond acceptors (Lipinski definition) is 3. The number of thiazole rings is 1. The van der Waals surface area contributed by atoms with E-state index >= 15 is 0 Å². The maximum atomic E-state index is 5.54. The van der Waals surface area contributed by atoms with Crippen molar-refractivity contribution >= 4 is 22.9 Å². The van der Waals surface area contributed by atoms with E-state index in [0.717, 1.165) is 5.01 Å². The summed E-state index contributed by atoms with van der Waals surface area (Å²) in [4.78, 5) is 3.90. The van der Waals surface area contributed by atoms with Gasteiger partial charge in [-0.25, -0.2) is 4.98 Å². The van der Waals surface area contributed by atoms with E-state index in [0.29, 0.717) is 10.9 Å². The van der Waals surface area contributed by atoms with Crippen LogP contribution in [-0.2, 0) is 6.54 Å². The number of aromatic nitrogens is 1. The predicted octanol–water partition coefficient (Wildman–Crippen LogP) is 2.28. The van der Waals surface area contributed by atoms with Crippen molar-refractivity contribution in [3.63, 3.8) is 0 Å². The summed E-state index contributed by atoms with van der Waals surface area (Å²) < 4.78 is 0.699. The third-order valence-corrected chi connectivity index (χ3v) is 1.84. The van der Waals surface area contributed by atoms with Crippen molar-refractivity contribution in [1.82, 2.24) is 4.98 Å². The molecule has 0 atom stereocenters. The topological polar surface area (TPSA) is 38.9 Å². The van der Waals surface area contributed by atoms with Crippen molar-refractivity contribution in [2.75, 3.05) is 0 Å². The third-order valence-electron chi connectivity index (χ3n) is 0.700. The Morgan fingerprint density at radius 3 is 2.50 bits per heavy atom. The molecule has 10 heavy (non-hydrogen) atoms. The van der Waals surface area contributed by atoms with Gasteiger partial charge in [-0.1, -0.05) is 25.4 Å². The molecule has 0 aromatic carbocycles. The van der Waals surface area contributed by atoms with Crippen LogP contribution < -0.4 is 5.73 Å². The molecule has 0 saturated carbocycles. The van der Waals surface area contributed by atoms with Gasteiger partial charge in [0.15, 0.2) is 0 Å². The standard InChI is InChI=1S/C4H5ClN2S.C2H6/c5-3-2-7-4(1-6)8-3;1-2/h2H,1,6H2;1-2H3. The molecule has 58 valence electrons. The highest BCUT2D eigenvalue weighted by molar-refractivity contribution is 7.15. The van der Waals surface area contributed by atoms with E-state index < -0.39 is 0 Å². The van der Waals surface area contributed by atoms with E-state index in [4.69, 9.17) is 17.3 Å². The summed E-state index contributed by atoms with van der Waals surface area (Å²) in [5, 5.41) is 0.884. The lowest BCUT2D eigenvalue weighted by molar-refractivity contribution is 1.04. The first kappa shape index (κ1) is 9.88. The lowest BCUT2D eigenvalue weighted by Crippen LogP contribution is -1.93. The molecule has 1 aromatic rings. The molecule has 0 unspecified atom stereocenters. The maximum Gasteiger partial charge on any atom is 0.113 e. The molecule has 0 aliphatic heterocycles. The third kappa shape index (κ3) is 3.15. The highest BCUT2D eigenvalue weighted by atomic mass is 35.5. The van der Waals surface area contributed by atoms with Crippen LogP contribution in [0.5, 0.6) is 0 Å². The van der Waals surface area contributed by atoms with Crippen LogP contribution in [0.25, 0.3) is 0 Å². The largest absolute Gasteiger partial charge is 0.325 e. The fraction of sp³-hybridized carbons (Fsp3) is 0.500. The molecule has 0 bridgehead atoms. The molecule has 0 saturated heterocycles. The van der Waals surface area contributed by atoms with Crippen LogP contribution in [0.3, 0.4) is 0 Å². The van der Waals surface area contributed by atoms with Crippen molar-refractivity contribution in [2.24, 2.45) is 5.73 Å². The normalized spacial score (nSPS) is 8.40. The second kappa shape index (κ2) is 5.65. The van der Waals surface area contributed by atoms with Gasteiger partial charge in [0.1, 0.15) is 9.34 Å². The van der Waals surface area contributed by atoms with Crippen LogP contribution in [0.4, 0.5) is 0 Å². The van der Waals surface area contributed by atoms with Crippen molar-refractivity contribution in [2.45, 2.75) is 20.4 Å². The molecule has 1 heterocycles. The number of halogens is 1. The van der Waals surface area contributed by atoms with Crippen LogP contribution in [0.2, 0.25) is 4.34 Å². The van der Waals surface area contributed by atoms with Crippen LogP contribution >= 0.6 is 22.9 Å². The lowest BCUT2D eigenvalue weighted by Gasteiger charge is -1.78. The highest BCUT2D eigenvalue weighted by Crippen LogP contribution is 2.16. The molecule has 0 fully saturated rings. The summed E-state index contributed by atoms with van der Waals surface area (Å²) in [5.74, 6) is 0. The Morgan fingerprint density at radius 2 is 2.30 bits per heavy atom. The molecule has 2 nitrogen and oxygen atoms in total. The molecular formula is C6H11ClN2S. The summed E-state index contributed by atoms with van der Waals surface area (Å²) in [6.45, 7) is 4.48. The molecular weight excluding hydrogens is 168 g/mol. The van der Waals surface area contributed by atoms with E-state index in [9.17, 15) is 0 Å². The molecule has 1 aromatic heterocycles. The minimum atomic E-state index is 0.484. The van der Waals surface area contributed by atoms with Crippen LogP contribution in [0.15, 0.2) is 6.20 Å². The number of hydrogen-bond donors (Lipinski definition) is 1. The van der Waals surface area contributed by atoms with Gasteiger partial charge in [-0.2, -0.15) is 0 Å². The predicted molar refractivity (Wildman–Crippen MR) is 46.4 cm³/mol. The van der Waals surface area contributed by atoms with E-state index in [1.807, 2.05) is 13.8 Å². The van der Waals surface area contributed by atoms with Crippen molar-refractivity contribution in [3.8, 4) is 0 Å². The molecule has 4 heteroatoms. The van der Waals surface area contributed by atoms with Gasteiger partial charge in [-0.3, -0.25) is 0 Å². The zero-order chi connectivity index (χ0) is 7.98. The monoisotopic (exact) mass is 178 g/mol. The average molecular weight is 179 g/mol. The molecule has 0 radical (unpaired) electrons. The zero-order valence-electron chi connectivity index (χ0n) is 6.10. The Bertz CT molecular complexity index is 176. The maximum absolute atomic E-state index is 5.54. The average Bonchev–Trinajstić information content (AvgIpc) is 2.40. The van der Waals surface area contributed by atoms with Gasteiger partial charge in [0.05, 0.1) is 6.20 Å². The van der Waals surface area contributed by atoms with Gasteiger partial charge in [0, 0.05) is 6.54 Å². The molecule has 0 amide bonds. The minimum absolute atomic E-state index is 0.484. The van der Waals surface area contributed by atoms with E-state index in [2.05, 4.69) is 4.98 Å². The van der Waals surface area contributed by atoms with Gasteiger partial charge in [-0.05, 0) is 0 Å². The Morgan fingerprint density at radius 1 is 1.70 bits per heavy atom. The number of nitrogens with two attached hydrogens (primary N) is 1. The smallest absolute Gasteiger partial charge is 0.113 e. The summed E-state index contributed by atoms with van der Waals surface area (Å²) >= 11 is 6.96. The van der Waals surface area contributed by atoms with Gasteiger partial charge in [0.25, 0.3) is 0 Å². The van der Waals surface area contributed by atoms with Crippen molar-refractivity contribution in [3.05, 3.63) is 15.5 Å². The first-order valence-corrected chi connectivity index (χ1v) is 4.32. The van der Waals surface area contributed by atoms with Crippen LogP contribution in [0, 0.1) is 0 Å². The van der Waals surface area contributed by atoms with E-state index in [-0.39, 0.29) is 0 Å². The summed E-state index contributed by atoms with van der Waals surface area (Å²) in [6, 6.07) is 0. The molecule has 1 rings (SSSR count). The van der Waals surface area contributed by atoms with Gasteiger partial charge < -0.3 is 5.73 Å². The second-order valence-corrected chi connectivity index (χ2v) is 3.01. The van der Waals surface area contributed by atoms with Crippen LogP contribution in [0.1, 0.15) is 18.9 Å². The quantitative estimate of drug-likeness (QED) is 0.717. The molecule has 2 N–H and O–H groups in total. The minimum Gasteiger partial charge on any atom is -0.325 e. The van der Waals surface area contributed by atoms with Gasteiger partial charge >= 0.3 is 0 Å². The summed E-state index contributed by atoms with van der Waals surface area (Å²) in [7, 11) is 0. The fourth-order valence-corrected chi connectivity index (χ4v) is 1.22. The molecule has 0 aliphatic carbocycles.